The molecule has 1 N–H and O–H groups in total. The zero-order valence-electron chi connectivity index (χ0n) is 17.8. The van der Waals surface area contributed by atoms with Crippen molar-refractivity contribution in [1.82, 2.24) is 5.32 Å². The minimum Gasteiger partial charge on any atom is -0.497 e. The molecule has 1 aliphatic heterocycles. The second kappa shape index (κ2) is 9.20. The number of benzene rings is 3. The highest BCUT2D eigenvalue weighted by Gasteiger charge is 2.37. The molecule has 0 saturated carbocycles. The van der Waals surface area contributed by atoms with Crippen molar-refractivity contribution >= 4 is 39.7 Å². The van der Waals surface area contributed by atoms with E-state index in [4.69, 9.17) is 8.92 Å². The molecule has 0 radical (unpaired) electrons. The molecule has 0 unspecified atom stereocenters. The van der Waals surface area contributed by atoms with E-state index in [0.717, 1.165) is 4.90 Å². The third kappa shape index (κ3) is 4.52. The molecule has 1 heterocycles. The molecular formula is C24H18N2O7S. The average molecular weight is 478 g/mol. The highest BCUT2D eigenvalue weighted by atomic mass is 32.2. The summed E-state index contributed by atoms with van der Waals surface area (Å²) in [7, 11) is -2.69. The van der Waals surface area contributed by atoms with Gasteiger partial charge in [-0.2, -0.15) is 8.42 Å². The molecule has 0 aromatic heterocycles. The average Bonchev–Trinajstić information content (AvgIpc) is 2.83. The van der Waals surface area contributed by atoms with Gasteiger partial charge in [-0.05, 0) is 48.5 Å². The fourth-order valence-electron chi connectivity index (χ4n) is 3.21. The van der Waals surface area contributed by atoms with E-state index in [0.29, 0.717) is 5.75 Å². The van der Waals surface area contributed by atoms with E-state index in [9.17, 15) is 22.8 Å². The molecule has 4 rings (SSSR count). The Kier molecular flexibility index (Phi) is 6.15. The maximum absolute atomic E-state index is 13.1. The fourth-order valence-corrected chi connectivity index (χ4v) is 4.18. The van der Waals surface area contributed by atoms with Crippen molar-refractivity contribution in [3.8, 4) is 11.5 Å². The van der Waals surface area contributed by atoms with Gasteiger partial charge in [-0.1, -0.05) is 36.4 Å². The Morgan fingerprint density at radius 2 is 1.50 bits per heavy atom. The summed E-state index contributed by atoms with van der Waals surface area (Å²) in [6.45, 7) is 0. The lowest BCUT2D eigenvalue weighted by molar-refractivity contribution is -0.122. The third-order valence-electron chi connectivity index (χ3n) is 4.88. The molecule has 9 nitrogen and oxygen atoms in total. The van der Waals surface area contributed by atoms with Crippen molar-refractivity contribution in [2.75, 3.05) is 12.0 Å². The molecule has 1 fully saturated rings. The molecule has 3 aromatic carbocycles. The number of amides is 4. The molecule has 3 aromatic rings. The standard InChI is InChI=1S/C24H18N2O7S/c1-32-18-13-11-17(12-14-18)26-23(28)20(22(27)25-24(26)29)15-16-7-5-6-10-21(16)33-34(30,31)19-8-3-2-4-9-19/h2-15H,1H3,(H,25,27,29)/b20-15+. The summed E-state index contributed by atoms with van der Waals surface area (Å²) < 4.78 is 35.7. The van der Waals surface area contributed by atoms with Gasteiger partial charge >= 0.3 is 16.1 Å². The predicted molar refractivity (Wildman–Crippen MR) is 123 cm³/mol. The number of methoxy groups -OCH3 is 1. The van der Waals surface area contributed by atoms with Gasteiger partial charge in [0.25, 0.3) is 11.8 Å². The molecule has 10 heteroatoms. The van der Waals surface area contributed by atoms with E-state index < -0.39 is 28.0 Å². The largest absolute Gasteiger partial charge is 0.497 e. The van der Waals surface area contributed by atoms with Crippen molar-refractivity contribution in [2.45, 2.75) is 4.90 Å². The second-order valence-corrected chi connectivity index (χ2v) is 8.59. The minimum atomic E-state index is -4.16. The van der Waals surface area contributed by atoms with Crippen LogP contribution in [0.4, 0.5) is 10.5 Å². The van der Waals surface area contributed by atoms with Crippen LogP contribution < -0.4 is 19.1 Å². The SMILES string of the molecule is COc1ccc(N2C(=O)NC(=O)/C(=C\c3ccccc3OS(=O)(=O)c3ccccc3)C2=O)cc1. The highest BCUT2D eigenvalue weighted by Crippen LogP contribution is 2.28. The first-order valence-corrected chi connectivity index (χ1v) is 11.3. The molecule has 34 heavy (non-hydrogen) atoms. The number of carbonyl (C=O) groups is 3. The predicted octanol–water partition coefficient (Wildman–Crippen LogP) is 3.13. The number of nitrogens with zero attached hydrogens (tertiary/aromatic N) is 1. The minimum absolute atomic E-state index is 0.0554. The Bertz CT molecular complexity index is 1400. The summed E-state index contributed by atoms with van der Waals surface area (Å²) in [5, 5.41) is 2.12. The van der Waals surface area contributed by atoms with E-state index in [-0.39, 0.29) is 27.5 Å². The molecule has 0 bridgehead atoms. The van der Waals surface area contributed by atoms with Crippen molar-refractivity contribution in [3.05, 3.63) is 90.0 Å². The van der Waals surface area contributed by atoms with E-state index >= 15 is 0 Å². The van der Waals surface area contributed by atoms with Crippen LogP contribution in [0.25, 0.3) is 6.08 Å². The lowest BCUT2D eigenvalue weighted by atomic mass is 10.1. The van der Waals surface area contributed by atoms with E-state index in [1.54, 1.807) is 42.5 Å². The number of hydrogen-bond donors (Lipinski definition) is 1. The van der Waals surface area contributed by atoms with Gasteiger partial charge in [0.2, 0.25) is 0 Å². The van der Waals surface area contributed by atoms with Crippen LogP contribution in [0.5, 0.6) is 11.5 Å². The van der Waals surface area contributed by atoms with E-state index in [1.807, 2.05) is 0 Å². The van der Waals surface area contributed by atoms with Crippen LogP contribution in [0.2, 0.25) is 0 Å². The van der Waals surface area contributed by atoms with Crippen LogP contribution in [0, 0.1) is 0 Å². The summed E-state index contributed by atoms with van der Waals surface area (Å²) in [5.41, 5.74) is 0.00556. The summed E-state index contributed by atoms with van der Waals surface area (Å²) in [4.78, 5) is 38.7. The van der Waals surface area contributed by atoms with Gasteiger partial charge in [-0.25, -0.2) is 9.69 Å². The maximum Gasteiger partial charge on any atom is 0.339 e. The van der Waals surface area contributed by atoms with Crippen LogP contribution in [0.3, 0.4) is 0 Å². The number of anilines is 1. The molecule has 0 spiro atoms. The number of para-hydroxylation sites is 1. The molecule has 1 aliphatic rings. The zero-order valence-corrected chi connectivity index (χ0v) is 18.6. The second-order valence-electron chi connectivity index (χ2n) is 7.04. The first-order chi connectivity index (χ1) is 16.3. The monoisotopic (exact) mass is 478 g/mol. The highest BCUT2D eigenvalue weighted by molar-refractivity contribution is 7.87. The van der Waals surface area contributed by atoms with Crippen LogP contribution in [0.1, 0.15) is 5.56 Å². The Morgan fingerprint density at radius 3 is 2.18 bits per heavy atom. The van der Waals surface area contributed by atoms with Gasteiger partial charge in [0.05, 0.1) is 12.8 Å². The van der Waals surface area contributed by atoms with Gasteiger partial charge in [-0.15, -0.1) is 0 Å². The maximum atomic E-state index is 13.1. The van der Waals surface area contributed by atoms with Crippen molar-refractivity contribution < 1.29 is 31.7 Å². The number of barbiturate groups is 1. The Labute approximate surface area is 195 Å². The number of rotatable bonds is 6. The number of ether oxygens (including phenoxy) is 1. The summed E-state index contributed by atoms with van der Waals surface area (Å²) in [6.07, 6.45) is 1.18. The van der Waals surface area contributed by atoms with Crippen LogP contribution in [0.15, 0.2) is 89.3 Å². The number of urea groups is 1. The molecule has 1 saturated heterocycles. The van der Waals surface area contributed by atoms with E-state index in [1.165, 1.54) is 49.6 Å². The lowest BCUT2D eigenvalue weighted by Crippen LogP contribution is -2.54. The Hall–Kier alpha value is -4.44. The van der Waals surface area contributed by atoms with Crippen LogP contribution in [-0.4, -0.2) is 33.4 Å². The third-order valence-corrected chi connectivity index (χ3v) is 6.13. The number of carbonyl (C=O) groups excluding carboxylic acids is 3. The van der Waals surface area contributed by atoms with Gasteiger partial charge in [0.15, 0.2) is 0 Å². The Balaban J connectivity index is 1.70. The summed E-state index contributed by atoms with van der Waals surface area (Å²) in [5.74, 6) is -1.36. The quantitative estimate of drug-likeness (QED) is 0.328. The molecular weight excluding hydrogens is 460 g/mol. The van der Waals surface area contributed by atoms with Crippen molar-refractivity contribution in [2.24, 2.45) is 0 Å². The first-order valence-electron chi connectivity index (χ1n) is 9.94. The van der Waals surface area contributed by atoms with Gasteiger partial charge < -0.3 is 8.92 Å². The fraction of sp³-hybridized carbons (Fsp3) is 0.0417. The normalized spacial score (nSPS) is 15.3. The van der Waals surface area contributed by atoms with Gasteiger partial charge in [-0.3, -0.25) is 14.9 Å². The Morgan fingerprint density at radius 1 is 0.853 bits per heavy atom. The summed E-state index contributed by atoms with van der Waals surface area (Å²) >= 11 is 0. The topological polar surface area (TPSA) is 119 Å². The number of hydrogen-bond acceptors (Lipinski definition) is 7. The molecule has 0 atom stereocenters. The number of imide groups is 2. The molecule has 172 valence electrons. The smallest absolute Gasteiger partial charge is 0.339 e. The summed E-state index contributed by atoms with van der Waals surface area (Å²) in [6, 6.07) is 18.8. The lowest BCUT2D eigenvalue weighted by Gasteiger charge is -2.26. The van der Waals surface area contributed by atoms with Crippen LogP contribution in [-0.2, 0) is 19.7 Å². The van der Waals surface area contributed by atoms with Crippen molar-refractivity contribution in [1.29, 1.82) is 0 Å². The zero-order chi connectivity index (χ0) is 24.3. The number of nitrogens with one attached hydrogen (secondary N) is 1. The molecule has 4 amide bonds. The van der Waals surface area contributed by atoms with Gasteiger partial charge in [0.1, 0.15) is 22.0 Å². The molecule has 0 aliphatic carbocycles. The first kappa shape index (κ1) is 22.7. The van der Waals surface area contributed by atoms with E-state index in [2.05, 4.69) is 5.32 Å². The van der Waals surface area contributed by atoms with Gasteiger partial charge in [0, 0.05) is 5.56 Å². The van der Waals surface area contributed by atoms with Crippen LogP contribution >= 0.6 is 0 Å². The van der Waals surface area contributed by atoms with Crippen molar-refractivity contribution in [3.63, 3.8) is 0 Å².